The van der Waals surface area contributed by atoms with Crippen molar-refractivity contribution >= 4 is 17.9 Å². The quantitative estimate of drug-likeness (QED) is 0.279. The summed E-state index contributed by atoms with van der Waals surface area (Å²) in [7, 11) is 0. The van der Waals surface area contributed by atoms with E-state index in [0.717, 1.165) is 50.3 Å². The van der Waals surface area contributed by atoms with Crippen LogP contribution >= 0.6 is 0 Å². The van der Waals surface area contributed by atoms with Crippen molar-refractivity contribution in [3.63, 3.8) is 0 Å². The molecule has 1 unspecified atom stereocenters. The highest BCUT2D eigenvalue weighted by Gasteiger charge is 2.38. The number of carbonyl (C=O) groups excluding carboxylic acids is 1. The molecule has 11 nitrogen and oxygen atoms in total. The van der Waals surface area contributed by atoms with Crippen LogP contribution in [0.15, 0.2) is 35.1 Å². The number of benzene rings is 1. The maximum absolute atomic E-state index is 14.9. The van der Waals surface area contributed by atoms with E-state index in [-0.39, 0.29) is 11.5 Å². The third-order valence-electron chi connectivity index (χ3n) is 8.72. The Labute approximate surface area is 269 Å². The molecule has 1 N–H and O–H groups in total. The standard InChI is InChI=1S/C33H45F2N7O4/c1-20(2)30-39-31(46-40-30)41-12-9-22(10-13-41)21(3)11-14-44-29-16-28(36-19-37-29)42-17-25(24-15-23(34)7-8-26(24)35)27(18-42)38-32(43)45-33(4,5)6/h7-8,15-16,19-22,25,27H,9-14,17-18H2,1-6H3,(H,38,43)/t21?,25-,27+/m1/s1. The summed E-state index contributed by atoms with van der Waals surface area (Å²) in [6, 6.07) is 5.17. The summed E-state index contributed by atoms with van der Waals surface area (Å²) in [6.07, 6.45) is 3.76. The van der Waals surface area contributed by atoms with Crippen molar-refractivity contribution in [3.8, 4) is 5.88 Å². The van der Waals surface area contributed by atoms with Gasteiger partial charge in [0.2, 0.25) is 5.88 Å². The highest BCUT2D eigenvalue weighted by Crippen LogP contribution is 2.34. The van der Waals surface area contributed by atoms with Gasteiger partial charge in [-0.15, -0.1) is 0 Å². The maximum atomic E-state index is 14.9. The van der Waals surface area contributed by atoms with Crippen LogP contribution in [0.2, 0.25) is 0 Å². The van der Waals surface area contributed by atoms with Gasteiger partial charge in [-0.1, -0.05) is 25.9 Å². The minimum atomic E-state index is -0.706. The zero-order valence-electron chi connectivity index (χ0n) is 27.5. The van der Waals surface area contributed by atoms with E-state index < -0.39 is 35.3 Å². The molecule has 250 valence electrons. The number of aromatic nitrogens is 4. The van der Waals surface area contributed by atoms with Gasteiger partial charge in [-0.05, 0) is 75.6 Å². The fraction of sp³-hybridized carbons (Fsp3) is 0.606. The van der Waals surface area contributed by atoms with Crippen LogP contribution in [0.4, 0.5) is 25.4 Å². The van der Waals surface area contributed by atoms with E-state index in [4.69, 9.17) is 14.0 Å². The number of carbonyl (C=O) groups is 1. The summed E-state index contributed by atoms with van der Waals surface area (Å²) in [5, 5.41) is 6.95. The van der Waals surface area contributed by atoms with Gasteiger partial charge in [-0.3, -0.25) is 0 Å². The minimum Gasteiger partial charge on any atom is -0.478 e. The molecule has 2 aliphatic heterocycles. The summed E-state index contributed by atoms with van der Waals surface area (Å²) < 4.78 is 46.0. The minimum absolute atomic E-state index is 0.186. The third kappa shape index (κ3) is 8.41. The Morgan fingerprint density at radius 2 is 1.85 bits per heavy atom. The van der Waals surface area contributed by atoms with Crippen LogP contribution in [0.1, 0.15) is 84.0 Å². The average Bonchev–Trinajstić information content (AvgIpc) is 3.66. The zero-order valence-corrected chi connectivity index (χ0v) is 27.5. The Balaban J connectivity index is 1.17. The van der Waals surface area contributed by atoms with E-state index in [2.05, 4.69) is 37.2 Å². The van der Waals surface area contributed by atoms with Crippen LogP contribution in [0.3, 0.4) is 0 Å². The Kier molecular flexibility index (Phi) is 10.3. The molecule has 4 heterocycles. The summed E-state index contributed by atoms with van der Waals surface area (Å²) >= 11 is 0. The molecule has 2 aromatic heterocycles. The van der Waals surface area contributed by atoms with Crippen LogP contribution in [-0.2, 0) is 4.74 Å². The van der Waals surface area contributed by atoms with Gasteiger partial charge in [-0.2, -0.15) is 4.98 Å². The second-order valence-electron chi connectivity index (χ2n) is 13.7. The molecular formula is C33H45F2N7O4. The largest absolute Gasteiger partial charge is 0.478 e. The van der Waals surface area contributed by atoms with Gasteiger partial charge in [-0.25, -0.2) is 23.5 Å². The first-order valence-electron chi connectivity index (χ1n) is 16.1. The number of nitrogens with zero attached hydrogens (tertiary/aromatic N) is 6. The number of ether oxygens (including phenoxy) is 2. The summed E-state index contributed by atoms with van der Waals surface area (Å²) in [4.78, 5) is 30.0. The van der Waals surface area contributed by atoms with Gasteiger partial charge in [0.05, 0.1) is 12.6 Å². The molecule has 3 aromatic rings. The Morgan fingerprint density at radius 3 is 2.54 bits per heavy atom. The third-order valence-corrected chi connectivity index (χ3v) is 8.72. The van der Waals surface area contributed by atoms with Crippen molar-refractivity contribution in [3.05, 3.63) is 53.6 Å². The van der Waals surface area contributed by atoms with E-state index in [0.29, 0.717) is 49.2 Å². The van der Waals surface area contributed by atoms with E-state index in [1.807, 2.05) is 18.7 Å². The second-order valence-corrected chi connectivity index (χ2v) is 13.7. The summed E-state index contributed by atoms with van der Waals surface area (Å²) in [6.45, 7) is 14.5. The highest BCUT2D eigenvalue weighted by atomic mass is 19.1. The Hall–Kier alpha value is -4.03. The average molecular weight is 642 g/mol. The van der Waals surface area contributed by atoms with E-state index in [1.165, 1.54) is 12.4 Å². The number of alkyl carbamates (subject to hydrolysis) is 1. The Morgan fingerprint density at radius 1 is 1.09 bits per heavy atom. The molecule has 2 aliphatic rings. The fourth-order valence-corrected chi connectivity index (χ4v) is 6.13. The van der Waals surface area contributed by atoms with Crippen molar-refractivity contribution in [1.29, 1.82) is 0 Å². The number of nitrogens with one attached hydrogen (secondary N) is 1. The fourth-order valence-electron chi connectivity index (χ4n) is 6.13. The first kappa shape index (κ1) is 33.3. The molecule has 5 rings (SSSR count). The SMILES string of the molecule is CC(C)c1noc(N2CCC(C(C)CCOc3cc(N4C[C@H](NC(=O)OC(C)(C)C)[C@@H](c5cc(F)ccc5F)C4)ncn3)CC2)n1. The molecule has 0 saturated carbocycles. The van der Waals surface area contributed by atoms with Crippen molar-refractivity contribution in [2.75, 3.05) is 42.6 Å². The predicted octanol–water partition coefficient (Wildman–Crippen LogP) is 6.08. The van der Waals surface area contributed by atoms with E-state index in [1.54, 1.807) is 26.8 Å². The maximum Gasteiger partial charge on any atom is 0.407 e. The van der Waals surface area contributed by atoms with Crippen LogP contribution in [0.25, 0.3) is 0 Å². The first-order valence-corrected chi connectivity index (χ1v) is 16.1. The molecule has 2 saturated heterocycles. The van der Waals surface area contributed by atoms with Crippen molar-refractivity contribution < 1.29 is 27.6 Å². The lowest BCUT2D eigenvalue weighted by Crippen LogP contribution is -2.43. The number of piperidine rings is 1. The first-order chi connectivity index (χ1) is 21.9. The molecule has 1 aromatic carbocycles. The summed E-state index contributed by atoms with van der Waals surface area (Å²) in [5.41, 5.74) is -0.519. The van der Waals surface area contributed by atoms with Gasteiger partial charge in [0.1, 0.15) is 29.4 Å². The highest BCUT2D eigenvalue weighted by molar-refractivity contribution is 5.69. The lowest BCUT2D eigenvalue weighted by atomic mass is 9.84. The van der Waals surface area contributed by atoms with Crippen LogP contribution in [0, 0.1) is 23.5 Å². The molecular weight excluding hydrogens is 596 g/mol. The molecule has 46 heavy (non-hydrogen) atoms. The van der Waals surface area contributed by atoms with Crippen LogP contribution in [0.5, 0.6) is 5.88 Å². The molecule has 2 fully saturated rings. The number of amides is 1. The lowest BCUT2D eigenvalue weighted by molar-refractivity contribution is 0.0504. The zero-order chi connectivity index (χ0) is 33.0. The van der Waals surface area contributed by atoms with E-state index in [9.17, 15) is 13.6 Å². The summed E-state index contributed by atoms with van der Waals surface area (Å²) in [5.74, 6) is 1.37. The van der Waals surface area contributed by atoms with Gasteiger partial charge < -0.3 is 29.1 Å². The van der Waals surface area contributed by atoms with Gasteiger partial charge in [0.25, 0.3) is 0 Å². The second kappa shape index (κ2) is 14.2. The number of anilines is 2. The van der Waals surface area contributed by atoms with Crippen LogP contribution in [-0.4, -0.2) is 70.6 Å². The topological polar surface area (TPSA) is 119 Å². The molecule has 1 amide bonds. The molecule has 0 bridgehead atoms. The van der Waals surface area contributed by atoms with Gasteiger partial charge >= 0.3 is 12.1 Å². The van der Waals surface area contributed by atoms with Crippen molar-refractivity contribution in [1.82, 2.24) is 25.4 Å². The van der Waals surface area contributed by atoms with Gasteiger partial charge in [0.15, 0.2) is 5.82 Å². The number of hydrogen-bond donors (Lipinski definition) is 1. The van der Waals surface area contributed by atoms with Crippen molar-refractivity contribution in [2.45, 2.75) is 84.3 Å². The smallest absolute Gasteiger partial charge is 0.407 e. The molecule has 3 atom stereocenters. The van der Waals surface area contributed by atoms with Crippen LogP contribution < -0.4 is 19.9 Å². The van der Waals surface area contributed by atoms with Crippen molar-refractivity contribution in [2.24, 2.45) is 11.8 Å². The number of halogens is 2. The normalized spacial score (nSPS) is 19.8. The van der Waals surface area contributed by atoms with Gasteiger partial charge in [0, 0.05) is 44.1 Å². The lowest BCUT2D eigenvalue weighted by Gasteiger charge is -2.33. The molecule has 0 spiro atoms. The Bertz CT molecular complexity index is 1470. The van der Waals surface area contributed by atoms with E-state index >= 15 is 0 Å². The monoisotopic (exact) mass is 641 g/mol. The predicted molar refractivity (Wildman–Crippen MR) is 169 cm³/mol. The molecule has 0 radical (unpaired) electrons. The number of rotatable bonds is 10. The number of hydrogen-bond acceptors (Lipinski definition) is 10. The molecule has 13 heteroatoms. The molecule has 0 aliphatic carbocycles.